The van der Waals surface area contributed by atoms with E-state index in [0.29, 0.717) is 5.56 Å². The molecule has 0 radical (unpaired) electrons. The SMILES string of the molecule is CC(NC(=O)c1ccccc1C(=O)c1ccc(Br)cc1)C(N)=O. The molecule has 2 amide bonds. The molecule has 2 rings (SSSR count). The molecule has 0 fully saturated rings. The minimum absolute atomic E-state index is 0.202. The fraction of sp³-hybridized carbons (Fsp3) is 0.118. The number of hydrogen-bond donors (Lipinski definition) is 2. The molecular formula is C17H15BrN2O3. The van der Waals surface area contributed by atoms with E-state index in [9.17, 15) is 14.4 Å². The third kappa shape index (κ3) is 4.04. The molecule has 0 aromatic heterocycles. The molecular weight excluding hydrogens is 360 g/mol. The van der Waals surface area contributed by atoms with Crippen LogP contribution in [0.25, 0.3) is 0 Å². The molecule has 118 valence electrons. The Kier molecular flexibility index (Phi) is 5.28. The molecule has 5 nitrogen and oxygen atoms in total. The predicted octanol–water partition coefficient (Wildman–Crippen LogP) is 2.28. The highest BCUT2D eigenvalue weighted by atomic mass is 79.9. The second-order valence-electron chi connectivity index (χ2n) is 4.98. The summed E-state index contributed by atoms with van der Waals surface area (Å²) in [6, 6.07) is 12.5. The topological polar surface area (TPSA) is 89.3 Å². The molecule has 23 heavy (non-hydrogen) atoms. The van der Waals surface area contributed by atoms with Gasteiger partial charge in [-0.1, -0.05) is 34.1 Å². The lowest BCUT2D eigenvalue weighted by Gasteiger charge is -2.12. The third-order valence-corrected chi connectivity index (χ3v) is 3.83. The van der Waals surface area contributed by atoms with E-state index in [1.165, 1.54) is 13.0 Å². The third-order valence-electron chi connectivity index (χ3n) is 3.30. The van der Waals surface area contributed by atoms with Gasteiger partial charge in [0.2, 0.25) is 5.91 Å². The Hall–Kier alpha value is -2.47. The fourth-order valence-corrected chi connectivity index (χ4v) is 2.25. The maximum Gasteiger partial charge on any atom is 0.252 e. The first kappa shape index (κ1) is 16.9. The summed E-state index contributed by atoms with van der Waals surface area (Å²) in [5.41, 5.74) is 6.08. The van der Waals surface area contributed by atoms with Crippen molar-refractivity contribution in [2.24, 2.45) is 5.73 Å². The number of primary amides is 1. The van der Waals surface area contributed by atoms with Gasteiger partial charge in [0.05, 0.1) is 5.56 Å². The normalized spacial score (nSPS) is 11.6. The summed E-state index contributed by atoms with van der Waals surface area (Å²) in [4.78, 5) is 36.0. The van der Waals surface area contributed by atoms with E-state index in [-0.39, 0.29) is 16.9 Å². The summed E-state index contributed by atoms with van der Waals surface area (Å²) >= 11 is 3.31. The molecule has 0 saturated heterocycles. The van der Waals surface area contributed by atoms with Crippen LogP contribution in [0.15, 0.2) is 53.0 Å². The zero-order valence-electron chi connectivity index (χ0n) is 12.4. The fourth-order valence-electron chi connectivity index (χ4n) is 1.98. The van der Waals surface area contributed by atoms with Gasteiger partial charge in [0.25, 0.3) is 5.91 Å². The molecule has 2 aromatic carbocycles. The van der Waals surface area contributed by atoms with Crippen molar-refractivity contribution in [3.8, 4) is 0 Å². The molecule has 0 aliphatic carbocycles. The van der Waals surface area contributed by atoms with Crippen molar-refractivity contribution < 1.29 is 14.4 Å². The maximum atomic E-state index is 12.6. The van der Waals surface area contributed by atoms with E-state index in [1.807, 2.05) is 0 Å². The number of rotatable bonds is 5. The number of amides is 2. The van der Waals surface area contributed by atoms with Gasteiger partial charge in [-0.25, -0.2) is 0 Å². The molecule has 0 aliphatic rings. The van der Waals surface area contributed by atoms with Crippen molar-refractivity contribution in [2.45, 2.75) is 13.0 Å². The molecule has 0 saturated carbocycles. The number of nitrogens with two attached hydrogens (primary N) is 1. The summed E-state index contributed by atoms with van der Waals surface area (Å²) in [6.45, 7) is 1.49. The number of benzene rings is 2. The van der Waals surface area contributed by atoms with Gasteiger partial charge in [-0.15, -0.1) is 0 Å². The second-order valence-corrected chi connectivity index (χ2v) is 5.89. The van der Waals surface area contributed by atoms with Crippen molar-refractivity contribution in [3.05, 3.63) is 69.7 Å². The lowest BCUT2D eigenvalue weighted by atomic mass is 9.98. The van der Waals surface area contributed by atoms with Gasteiger partial charge in [0.15, 0.2) is 5.78 Å². The van der Waals surface area contributed by atoms with Crippen molar-refractivity contribution in [2.75, 3.05) is 0 Å². The van der Waals surface area contributed by atoms with Crippen LogP contribution in [-0.4, -0.2) is 23.6 Å². The van der Waals surface area contributed by atoms with Gasteiger partial charge in [0, 0.05) is 15.6 Å². The summed E-state index contributed by atoms with van der Waals surface area (Å²) in [6.07, 6.45) is 0. The molecule has 2 aromatic rings. The monoisotopic (exact) mass is 374 g/mol. The summed E-state index contributed by atoms with van der Waals surface area (Å²) < 4.78 is 0.857. The molecule has 1 unspecified atom stereocenters. The van der Waals surface area contributed by atoms with Gasteiger partial charge >= 0.3 is 0 Å². The minimum atomic E-state index is -0.821. The molecule has 0 aliphatic heterocycles. The molecule has 0 spiro atoms. The van der Waals surface area contributed by atoms with Crippen molar-refractivity contribution in [3.63, 3.8) is 0 Å². The van der Waals surface area contributed by atoms with E-state index >= 15 is 0 Å². The Labute approximate surface area is 142 Å². The number of ketones is 1. The van der Waals surface area contributed by atoms with Crippen LogP contribution in [0.1, 0.15) is 33.2 Å². The Bertz CT molecular complexity index is 757. The zero-order chi connectivity index (χ0) is 17.0. The minimum Gasteiger partial charge on any atom is -0.368 e. The number of carbonyl (C=O) groups is 3. The Morgan fingerprint density at radius 3 is 2.13 bits per heavy atom. The molecule has 0 heterocycles. The average molecular weight is 375 g/mol. The van der Waals surface area contributed by atoms with Crippen LogP contribution in [0, 0.1) is 0 Å². The first-order chi connectivity index (χ1) is 10.9. The Morgan fingerprint density at radius 1 is 1.00 bits per heavy atom. The van der Waals surface area contributed by atoms with Crippen molar-refractivity contribution in [1.29, 1.82) is 0 Å². The van der Waals surface area contributed by atoms with E-state index in [1.54, 1.807) is 42.5 Å². The largest absolute Gasteiger partial charge is 0.368 e. The van der Waals surface area contributed by atoms with Crippen LogP contribution in [0.5, 0.6) is 0 Å². The van der Waals surface area contributed by atoms with E-state index in [2.05, 4.69) is 21.2 Å². The van der Waals surface area contributed by atoms with Gasteiger partial charge in [-0.2, -0.15) is 0 Å². The van der Waals surface area contributed by atoms with Gasteiger partial charge in [0.1, 0.15) is 6.04 Å². The lowest BCUT2D eigenvalue weighted by Crippen LogP contribution is -2.42. The highest BCUT2D eigenvalue weighted by molar-refractivity contribution is 9.10. The zero-order valence-corrected chi connectivity index (χ0v) is 14.0. The van der Waals surface area contributed by atoms with Crippen LogP contribution in [0.2, 0.25) is 0 Å². The van der Waals surface area contributed by atoms with E-state index in [0.717, 1.165) is 4.47 Å². The van der Waals surface area contributed by atoms with Crippen LogP contribution in [0.4, 0.5) is 0 Å². The maximum absolute atomic E-state index is 12.6. The molecule has 6 heteroatoms. The van der Waals surface area contributed by atoms with Crippen LogP contribution >= 0.6 is 15.9 Å². The Morgan fingerprint density at radius 2 is 1.57 bits per heavy atom. The van der Waals surface area contributed by atoms with Crippen LogP contribution in [-0.2, 0) is 4.79 Å². The first-order valence-electron chi connectivity index (χ1n) is 6.89. The number of nitrogens with one attached hydrogen (secondary N) is 1. The summed E-state index contributed by atoms with van der Waals surface area (Å²) in [5.74, 6) is -1.43. The van der Waals surface area contributed by atoms with Crippen molar-refractivity contribution in [1.82, 2.24) is 5.32 Å². The van der Waals surface area contributed by atoms with Gasteiger partial charge in [-0.3, -0.25) is 14.4 Å². The predicted molar refractivity (Wildman–Crippen MR) is 90.1 cm³/mol. The van der Waals surface area contributed by atoms with E-state index < -0.39 is 17.9 Å². The molecule has 3 N–H and O–H groups in total. The van der Waals surface area contributed by atoms with Gasteiger partial charge in [-0.05, 0) is 37.3 Å². The summed E-state index contributed by atoms with van der Waals surface area (Å²) in [7, 11) is 0. The van der Waals surface area contributed by atoms with Crippen molar-refractivity contribution >= 4 is 33.5 Å². The first-order valence-corrected chi connectivity index (χ1v) is 7.69. The molecule has 1 atom stereocenters. The number of halogens is 1. The standard InChI is InChI=1S/C17H15BrN2O3/c1-10(16(19)22)20-17(23)14-5-3-2-4-13(14)15(21)11-6-8-12(18)9-7-11/h2-10H,1H3,(H2,19,22)(H,20,23). The second kappa shape index (κ2) is 7.19. The highest BCUT2D eigenvalue weighted by Crippen LogP contribution is 2.17. The quantitative estimate of drug-likeness (QED) is 0.786. The summed E-state index contributed by atoms with van der Waals surface area (Å²) in [5, 5.41) is 2.48. The number of hydrogen-bond acceptors (Lipinski definition) is 3. The van der Waals surface area contributed by atoms with Gasteiger partial charge < -0.3 is 11.1 Å². The smallest absolute Gasteiger partial charge is 0.252 e. The average Bonchev–Trinajstić information content (AvgIpc) is 2.54. The Balaban J connectivity index is 2.33. The van der Waals surface area contributed by atoms with Crippen LogP contribution < -0.4 is 11.1 Å². The number of carbonyl (C=O) groups excluding carboxylic acids is 3. The van der Waals surface area contributed by atoms with Crippen LogP contribution in [0.3, 0.4) is 0 Å². The molecule has 0 bridgehead atoms. The highest BCUT2D eigenvalue weighted by Gasteiger charge is 2.20. The van der Waals surface area contributed by atoms with E-state index in [4.69, 9.17) is 5.73 Å². The lowest BCUT2D eigenvalue weighted by molar-refractivity contribution is -0.119.